The van der Waals surface area contributed by atoms with Gasteiger partial charge < -0.3 is 14.7 Å². The van der Waals surface area contributed by atoms with Gasteiger partial charge in [0.2, 0.25) is 0 Å². The molecule has 0 saturated carbocycles. The first-order valence-electron chi connectivity index (χ1n) is 1.19. The molecular weight excluding hydrogens is 181 g/mol. The molecule has 9 heteroatoms. The summed E-state index contributed by atoms with van der Waals surface area (Å²) in [5.74, 6) is 0. The summed E-state index contributed by atoms with van der Waals surface area (Å²) in [6.45, 7) is 0. The van der Waals surface area contributed by atoms with Crippen LogP contribution in [0, 0.1) is 0 Å². The van der Waals surface area contributed by atoms with Gasteiger partial charge in [0.15, 0.2) is 0 Å². The van der Waals surface area contributed by atoms with E-state index in [1.165, 1.54) is 0 Å². The molecule has 0 fully saturated rings. The van der Waals surface area contributed by atoms with Crippen LogP contribution < -0.4 is 34.5 Å². The van der Waals surface area contributed by atoms with E-state index in [9.17, 15) is 0 Å². The molecule has 1 unspecified atom stereocenters. The Morgan fingerprint density at radius 1 is 1.44 bits per heavy atom. The Hall–Kier alpha value is 1.17. The van der Waals surface area contributed by atoms with Crippen LogP contribution >= 0.6 is 16.5 Å². The maximum Gasteiger partial charge on any atom is 1.00 e. The molecule has 9 heavy (non-hydrogen) atoms. The predicted octanol–water partition coefficient (Wildman–Crippen LogP) is -4.64. The van der Waals surface area contributed by atoms with Crippen LogP contribution in [0.3, 0.4) is 0 Å². The Morgan fingerprint density at radius 2 is 1.44 bits per heavy atom. The maximum absolute atomic E-state index is 8.77. The number of hydrogen-bond donors (Lipinski definition) is 3. The smallest absolute Gasteiger partial charge is 0.756 e. The second-order valence-corrected chi connectivity index (χ2v) is 1.75. The Labute approximate surface area is 74.7 Å². The fourth-order valence-electron chi connectivity index (χ4n) is 0. The topological polar surface area (TPSA) is 118 Å². The molecule has 0 rings (SSSR count). The van der Waals surface area contributed by atoms with Crippen molar-refractivity contribution >= 4 is 16.5 Å². The molecule has 0 saturated heterocycles. The number of rotatable bonds is 0. The molecule has 0 aromatic carbocycles. The SMILES string of the molecule is O=P([O-])(O)O.O=[PH+]O.[Na+]. The first kappa shape index (κ1) is 16.6. The molecule has 0 amide bonds. The second-order valence-electron chi connectivity index (χ2n) is 0.582. The minimum atomic E-state index is -4.89. The molecule has 0 aromatic rings. The molecule has 6 nitrogen and oxygen atoms in total. The Bertz CT molecular complexity index is 85.0. The van der Waals surface area contributed by atoms with Gasteiger partial charge in [-0.05, 0) is 4.57 Å². The van der Waals surface area contributed by atoms with Crippen molar-refractivity contribution in [1.29, 1.82) is 0 Å². The molecule has 1 atom stereocenters. The van der Waals surface area contributed by atoms with Crippen LogP contribution in [0.5, 0.6) is 0 Å². The summed E-state index contributed by atoms with van der Waals surface area (Å²) >= 11 is 0. The first-order chi connectivity index (χ1) is 3.41. The van der Waals surface area contributed by atoms with Gasteiger partial charge in [0.05, 0.1) is 0 Å². The quantitative estimate of drug-likeness (QED) is 0.258. The molecule has 0 radical (unpaired) electrons. The zero-order valence-corrected chi connectivity index (χ0v) is 8.41. The van der Waals surface area contributed by atoms with E-state index >= 15 is 0 Å². The van der Waals surface area contributed by atoms with Crippen LogP contribution in [0.15, 0.2) is 0 Å². The predicted molar refractivity (Wildman–Crippen MR) is 23.3 cm³/mol. The van der Waals surface area contributed by atoms with Gasteiger partial charge in [-0.25, -0.2) is 0 Å². The third-order valence-corrected chi connectivity index (χ3v) is 0. The summed E-state index contributed by atoms with van der Waals surface area (Å²) < 4.78 is 17.3. The van der Waals surface area contributed by atoms with E-state index in [0.29, 0.717) is 0 Å². The van der Waals surface area contributed by atoms with Gasteiger partial charge in [-0.15, -0.1) is 0 Å². The van der Waals surface area contributed by atoms with Gasteiger partial charge in [-0.2, -0.15) is 4.89 Å². The average Bonchev–Trinajstić information content (AvgIpc) is 1.27. The zero-order valence-electron chi connectivity index (χ0n) is 4.51. The maximum atomic E-state index is 8.77. The fourth-order valence-corrected chi connectivity index (χ4v) is 0. The van der Waals surface area contributed by atoms with Crippen molar-refractivity contribution in [1.82, 2.24) is 0 Å². The molecule has 3 N–H and O–H groups in total. The standard InChI is InChI=1S/Na.H3O4P.HO2P/c;1-5(2,3)4;1-3-2/h;(H3,1,2,3,4);3H/q+1;;. The van der Waals surface area contributed by atoms with Crippen molar-refractivity contribution in [3.63, 3.8) is 0 Å². The van der Waals surface area contributed by atoms with E-state index in [0.717, 1.165) is 0 Å². The van der Waals surface area contributed by atoms with Gasteiger partial charge in [0, 0.05) is 0 Å². The van der Waals surface area contributed by atoms with E-state index in [1.54, 1.807) is 0 Å². The third kappa shape index (κ3) is 344. The van der Waals surface area contributed by atoms with Crippen molar-refractivity contribution in [3.8, 4) is 0 Å². The van der Waals surface area contributed by atoms with Crippen molar-refractivity contribution < 1.29 is 58.3 Å². The molecule has 0 aliphatic rings. The Kier molecular flexibility index (Phi) is 16.9. The molecular formula is H4NaO6P2+. The van der Waals surface area contributed by atoms with Crippen LogP contribution in [-0.2, 0) is 9.13 Å². The fraction of sp³-hybridized carbons (Fsp3) is 0. The van der Waals surface area contributed by atoms with E-state index in [1.807, 2.05) is 0 Å². The summed E-state index contributed by atoms with van der Waals surface area (Å²) in [5.41, 5.74) is 0. The molecule has 0 heterocycles. The summed E-state index contributed by atoms with van der Waals surface area (Å²) in [6, 6.07) is 0. The number of phosphoric acid groups is 1. The summed E-state index contributed by atoms with van der Waals surface area (Å²) in [5, 5.41) is 0. The molecule has 0 aliphatic heterocycles. The Morgan fingerprint density at radius 3 is 1.44 bits per heavy atom. The van der Waals surface area contributed by atoms with Crippen LogP contribution in [0.25, 0.3) is 0 Å². The van der Waals surface area contributed by atoms with Crippen molar-refractivity contribution in [2.75, 3.05) is 0 Å². The van der Waals surface area contributed by atoms with E-state index in [-0.39, 0.29) is 29.6 Å². The summed E-state index contributed by atoms with van der Waals surface area (Å²) in [7, 11) is -6.06. The van der Waals surface area contributed by atoms with E-state index in [4.69, 9.17) is 28.7 Å². The van der Waals surface area contributed by atoms with Gasteiger partial charge in [-0.3, -0.25) is 4.57 Å². The van der Waals surface area contributed by atoms with Gasteiger partial charge in [-0.1, -0.05) is 0 Å². The van der Waals surface area contributed by atoms with Gasteiger partial charge >= 0.3 is 38.2 Å². The minimum absolute atomic E-state index is 0. The molecule has 0 bridgehead atoms. The minimum Gasteiger partial charge on any atom is -0.756 e. The zero-order chi connectivity index (χ0) is 7.21. The molecule has 0 aromatic heterocycles. The molecule has 50 valence electrons. The number of hydrogen-bond acceptors (Lipinski definition) is 3. The van der Waals surface area contributed by atoms with Gasteiger partial charge in [0.25, 0.3) is 7.82 Å². The van der Waals surface area contributed by atoms with Crippen molar-refractivity contribution in [2.45, 2.75) is 0 Å². The first-order valence-corrected chi connectivity index (χ1v) is 3.58. The van der Waals surface area contributed by atoms with Crippen LogP contribution in [0.1, 0.15) is 0 Å². The largest absolute Gasteiger partial charge is 1.00 e. The Balaban J connectivity index is -0.0000000800. The van der Waals surface area contributed by atoms with Gasteiger partial charge in [0.1, 0.15) is 0 Å². The van der Waals surface area contributed by atoms with Crippen molar-refractivity contribution in [3.05, 3.63) is 0 Å². The third-order valence-electron chi connectivity index (χ3n) is 0. The monoisotopic (exact) mass is 185 g/mol. The summed E-state index contributed by atoms with van der Waals surface area (Å²) in [4.78, 5) is 30.0. The molecule has 0 aliphatic carbocycles. The van der Waals surface area contributed by atoms with Crippen LogP contribution in [0.4, 0.5) is 0 Å². The summed E-state index contributed by atoms with van der Waals surface area (Å²) in [6.07, 6.45) is 0. The second kappa shape index (κ2) is 9.17. The van der Waals surface area contributed by atoms with Crippen LogP contribution in [-0.4, -0.2) is 14.7 Å². The van der Waals surface area contributed by atoms with Crippen LogP contribution in [0.2, 0.25) is 0 Å². The average molecular weight is 185 g/mol. The van der Waals surface area contributed by atoms with E-state index in [2.05, 4.69) is 0 Å². The van der Waals surface area contributed by atoms with E-state index < -0.39 is 16.5 Å². The normalized spacial score (nSPS) is 8.89. The molecule has 0 spiro atoms. The van der Waals surface area contributed by atoms with Crippen molar-refractivity contribution in [2.24, 2.45) is 0 Å².